The Bertz CT molecular complexity index is 816. The molecule has 0 radical (unpaired) electrons. The maximum absolute atomic E-state index is 10.3. The maximum atomic E-state index is 10.3. The molecule has 0 aromatic heterocycles. The van der Waals surface area contributed by atoms with Gasteiger partial charge in [0.2, 0.25) is 6.29 Å². The fourth-order valence-corrected chi connectivity index (χ4v) is 3.89. The first-order chi connectivity index (χ1) is 14.0. The normalized spacial score (nSPS) is 30.7. The van der Waals surface area contributed by atoms with Crippen molar-refractivity contribution < 1.29 is 29.9 Å². The Morgan fingerprint density at radius 3 is 2.31 bits per heavy atom. The molecule has 2 aromatic rings. The molecule has 0 unspecified atom stereocenters. The molecule has 1 heterocycles. The fraction of sp³-hybridized carbons (Fsp3) is 0.478. The lowest BCUT2D eigenvalue weighted by Gasteiger charge is -2.39. The van der Waals surface area contributed by atoms with Crippen molar-refractivity contribution in [2.75, 3.05) is 6.61 Å². The van der Waals surface area contributed by atoms with E-state index in [9.17, 15) is 20.4 Å². The van der Waals surface area contributed by atoms with Gasteiger partial charge in [0.1, 0.15) is 30.2 Å². The van der Waals surface area contributed by atoms with E-state index in [0.29, 0.717) is 11.7 Å². The van der Waals surface area contributed by atoms with Crippen LogP contribution in [0.2, 0.25) is 0 Å². The number of benzene rings is 2. The van der Waals surface area contributed by atoms with E-state index in [1.807, 2.05) is 18.2 Å². The monoisotopic (exact) mass is 400 g/mol. The molecule has 29 heavy (non-hydrogen) atoms. The molecule has 1 aliphatic carbocycles. The number of para-hydroxylation sites is 1. The summed E-state index contributed by atoms with van der Waals surface area (Å²) in [7, 11) is 0. The van der Waals surface area contributed by atoms with Crippen LogP contribution in [-0.4, -0.2) is 57.7 Å². The van der Waals surface area contributed by atoms with Crippen LogP contribution >= 0.6 is 0 Å². The molecule has 6 nitrogen and oxygen atoms in total. The van der Waals surface area contributed by atoms with E-state index in [1.165, 1.54) is 18.4 Å². The van der Waals surface area contributed by atoms with Gasteiger partial charge in [0.15, 0.2) is 0 Å². The zero-order chi connectivity index (χ0) is 20.5. The van der Waals surface area contributed by atoms with Crippen molar-refractivity contribution in [3.05, 3.63) is 65.2 Å². The summed E-state index contributed by atoms with van der Waals surface area (Å²) in [4.78, 5) is 0. The van der Waals surface area contributed by atoms with Gasteiger partial charge in [0.25, 0.3) is 0 Å². The van der Waals surface area contributed by atoms with Crippen molar-refractivity contribution in [3.8, 4) is 5.75 Å². The zero-order valence-electron chi connectivity index (χ0n) is 16.4. The van der Waals surface area contributed by atoms with Crippen molar-refractivity contribution in [1.29, 1.82) is 0 Å². The number of ether oxygens (including phenoxy) is 2. The second-order valence-electron chi connectivity index (χ2n) is 8.02. The number of rotatable bonds is 6. The molecule has 4 N–H and O–H groups in total. The average Bonchev–Trinajstić information content (AvgIpc) is 3.59. The summed E-state index contributed by atoms with van der Waals surface area (Å²) < 4.78 is 11.4. The summed E-state index contributed by atoms with van der Waals surface area (Å²) in [5.74, 6) is 1.28. The molecule has 156 valence electrons. The highest BCUT2D eigenvalue weighted by Gasteiger charge is 2.44. The Morgan fingerprint density at radius 1 is 0.966 bits per heavy atom. The molecule has 2 fully saturated rings. The molecular weight excluding hydrogens is 372 g/mol. The predicted molar refractivity (Wildman–Crippen MR) is 107 cm³/mol. The van der Waals surface area contributed by atoms with Gasteiger partial charge in [-0.2, -0.15) is 0 Å². The highest BCUT2D eigenvalue weighted by molar-refractivity contribution is 5.42. The smallest absolute Gasteiger partial charge is 0.229 e. The number of aliphatic hydroxyl groups excluding tert-OH is 4. The first kappa shape index (κ1) is 20.3. The van der Waals surface area contributed by atoms with E-state index in [0.717, 1.165) is 11.1 Å². The van der Waals surface area contributed by atoms with Crippen LogP contribution in [0.1, 0.15) is 48.3 Å². The zero-order valence-corrected chi connectivity index (χ0v) is 16.4. The van der Waals surface area contributed by atoms with E-state index >= 15 is 0 Å². The molecule has 2 aromatic carbocycles. The van der Waals surface area contributed by atoms with Crippen molar-refractivity contribution in [2.24, 2.45) is 0 Å². The quantitative estimate of drug-likeness (QED) is 0.591. The minimum atomic E-state index is -1.47. The minimum absolute atomic E-state index is 0.0457. The van der Waals surface area contributed by atoms with Crippen molar-refractivity contribution in [2.45, 2.75) is 62.3 Å². The number of hydrogen-bond donors (Lipinski definition) is 4. The third-order valence-corrected chi connectivity index (χ3v) is 5.96. The van der Waals surface area contributed by atoms with E-state index in [2.05, 4.69) is 31.2 Å². The van der Waals surface area contributed by atoms with Gasteiger partial charge in [-0.05, 0) is 36.0 Å². The highest BCUT2D eigenvalue weighted by Crippen LogP contribution is 2.41. The van der Waals surface area contributed by atoms with E-state index in [-0.39, 0.29) is 5.92 Å². The van der Waals surface area contributed by atoms with Gasteiger partial charge in [-0.1, -0.05) is 49.4 Å². The number of hydrogen-bond acceptors (Lipinski definition) is 6. The summed E-state index contributed by atoms with van der Waals surface area (Å²) >= 11 is 0. The largest absolute Gasteiger partial charge is 0.462 e. The van der Waals surface area contributed by atoms with Crippen LogP contribution in [0.5, 0.6) is 5.75 Å². The van der Waals surface area contributed by atoms with E-state index < -0.39 is 37.3 Å². The third kappa shape index (κ3) is 4.17. The Hall–Kier alpha value is -1.96. The lowest BCUT2D eigenvalue weighted by atomic mass is 9.91. The standard InChI is InChI=1S/C23H28O6/c1-13(14-6-8-15(9-7-14)16-10-11-16)17-4-2-3-5-18(17)28-23-22(27)21(26)20(25)19(12-24)29-23/h2-9,13,16,19-27H,10-12H2,1H3/t13-,19-,20-,21+,22-,23-/m1/s1. The van der Waals surface area contributed by atoms with Crippen molar-refractivity contribution in [3.63, 3.8) is 0 Å². The Labute approximate surface area is 170 Å². The van der Waals surface area contributed by atoms with Crippen molar-refractivity contribution >= 4 is 0 Å². The van der Waals surface area contributed by atoms with Gasteiger partial charge >= 0.3 is 0 Å². The SMILES string of the molecule is C[C@H](c1ccc(C2CC2)cc1)c1ccccc1O[C@@H]1O[C@H](CO)[C@@H](O)[C@H](O)[C@H]1O. The molecule has 1 saturated heterocycles. The van der Waals surface area contributed by atoms with Crippen LogP contribution in [0.15, 0.2) is 48.5 Å². The summed E-state index contributed by atoms with van der Waals surface area (Å²) in [5.41, 5.74) is 3.45. The Kier molecular flexibility index (Phi) is 5.90. The van der Waals surface area contributed by atoms with Gasteiger partial charge in [0.05, 0.1) is 6.61 Å². The van der Waals surface area contributed by atoms with Crippen LogP contribution in [0.25, 0.3) is 0 Å². The summed E-state index contributed by atoms with van der Waals surface area (Å²) in [5, 5.41) is 39.6. The fourth-order valence-electron chi connectivity index (χ4n) is 3.89. The van der Waals surface area contributed by atoms with Crippen LogP contribution in [-0.2, 0) is 4.74 Å². The Morgan fingerprint density at radius 2 is 1.66 bits per heavy atom. The number of aliphatic hydroxyl groups is 4. The minimum Gasteiger partial charge on any atom is -0.462 e. The summed E-state index contributed by atoms with van der Waals surface area (Å²) in [6.45, 7) is 1.60. The van der Waals surface area contributed by atoms with Crippen LogP contribution in [0, 0.1) is 0 Å². The first-order valence-corrected chi connectivity index (χ1v) is 10.2. The van der Waals surface area contributed by atoms with E-state index in [1.54, 1.807) is 6.07 Å². The van der Waals surface area contributed by atoms with Gasteiger partial charge in [-0.3, -0.25) is 0 Å². The van der Waals surface area contributed by atoms with Crippen molar-refractivity contribution in [1.82, 2.24) is 0 Å². The predicted octanol–water partition coefficient (Wildman–Crippen LogP) is 1.89. The van der Waals surface area contributed by atoms with Gasteiger partial charge in [0, 0.05) is 11.5 Å². The van der Waals surface area contributed by atoms with Crippen LogP contribution in [0.3, 0.4) is 0 Å². The third-order valence-electron chi connectivity index (χ3n) is 5.96. The topological polar surface area (TPSA) is 99.4 Å². The molecule has 6 atom stereocenters. The van der Waals surface area contributed by atoms with Gasteiger partial charge in [-0.15, -0.1) is 0 Å². The first-order valence-electron chi connectivity index (χ1n) is 10.2. The van der Waals surface area contributed by atoms with Gasteiger partial charge < -0.3 is 29.9 Å². The second kappa shape index (κ2) is 8.42. The highest BCUT2D eigenvalue weighted by atomic mass is 16.7. The lowest BCUT2D eigenvalue weighted by molar-refractivity contribution is -0.277. The molecule has 2 aliphatic rings. The molecule has 6 heteroatoms. The second-order valence-corrected chi connectivity index (χ2v) is 8.02. The summed E-state index contributed by atoms with van der Waals surface area (Å²) in [6, 6.07) is 16.1. The average molecular weight is 400 g/mol. The van der Waals surface area contributed by atoms with Gasteiger partial charge in [-0.25, -0.2) is 0 Å². The molecule has 0 spiro atoms. The van der Waals surface area contributed by atoms with E-state index in [4.69, 9.17) is 9.47 Å². The molecular formula is C23H28O6. The molecule has 0 amide bonds. The molecule has 4 rings (SSSR count). The maximum Gasteiger partial charge on any atom is 0.229 e. The Balaban J connectivity index is 1.54. The van der Waals surface area contributed by atoms with Crippen LogP contribution < -0.4 is 4.74 Å². The summed E-state index contributed by atoms with van der Waals surface area (Å²) in [6.07, 6.45) is -3.97. The molecule has 1 saturated carbocycles. The van der Waals surface area contributed by atoms with Crippen LogP contribution in [0.4, 0.5) is 0 Å². The lowest BCUT2D eigenvalue weighted by Crippen LogP contribution is -2.60. The molecule has 1 aliphatic heterocycles. The molecule has 0 bridgehead atoms.